The van der Waals surface area contributed by atoms with Gasteiger partial charge in [0.2, 0.25) is 0 Å². The van der Waals surface area contributed by atoms with Crippen LogP contribution in [0, 0.1) is 6.92 Å². The van der Waals surface area contributed by atoms with E-state index in [1.807, 2.05) is 31.2 Å². The molecule has 0 aromatic heterocycles. The Kier molecular flexibility index (Phi) is 4.32. The Morgan fingerprint density at radius 1 is 1.29 bits per heavy atom. The Morgan fingerprint density at radius 2 is 2.06 bits per heavy atom. The van der Waals surface area contributed by atoms with E-state index in [1.54, 1.807) is 0 Å². The summed E-state index contributed by atoms with van der Waals surface area (Å²) < 4.78 is 0. The van der Waals surface area contributed by atoms with Gasteiger partial charge in [0.15, 0.2) is 5.78 Å². The third kappa shape index (κ3) is 3.67. The molecule has 1 N–H and O–H groups in total. The fourth-order valence-corrected chi connectivity index (χ4v) is 2.36. The quantitative estimate of drug-likeness (QED) is 0.807. The minimum absolute atomic E-state index is 0.275. The number of aryl methyl sites for hydroxylation is 1. The lowest BCUT2D eigenvalue weighted by Gasteiger charge is -2.22. The Bertz CT molecular complexity index is 363. The van der Waals surface area contributed by atoms with Gasteiger partial charge in [-0.25, -0.2) is 0 Å². The monoisotopic (exact) mass is 231 g/mol. The van der Waals surface area contributed by atoms with E-state index < -0.39 is 0 Å². The van der Waals surface area contributed by atoms with Crippen LogP contribution < -0.4 is 5.32 Å². The maximum atomic E-state index is 12.0. The predicted molar refractivity (Wildman–Crippen MR) is 70.4 cm³/mol. The van der Waals surface area contributed by atoms with Gasteiger partial charge in [-0.2, -0.15) is 0 Å². The summed E-state index contributed by atoms with van der Waals surface area (Å²) in [6.45, 7) is 3.16. The second-order valence-corrected chi connectivity index (χ2v) is 4.97. The van der Waals surface area contributed by atoms with Gasteiger partial charge in [-0.1, -0.05) is 36.2 Å². The van der Waals surface area contributed by atoms with E-state index in [-0.39, 0.29) is 5.78 Å². The van der Waals surface area contributed by atoms with Crippen molar-refractivity contribution >= 4 is 5.78 Å². The highest BCUT2D eigenvalue weighted by atomic mass is 16.1. The number of Topliss-reactive ketones (excluding diaryl/α,β-unsaturated/α-hetero) is 1. The zero-order valence-electron chi connectivity index (χ0n) is 10.5. The molecule has 0 radical (unpaired) electrons. The highest BCUT2D eigenvalue weighted by molar-refractivity contribution is 5.96. The third-order valence-corrected chi connectivity index (χ3v) is 3.51. The molecule has 0 spiro atoms. The first-order valence-corrected chi connectivity index (χ1v) is 6.59. The number of nitrogens with one attached hydrogen (secondary N) is 1. The number of hydrogen-bond acceptors (Lipinski definition) is 2. The topological polar surface area (TPSA) is 29.1 Å². The molecule has 0 bridgehead atoms. The molecule has 0 saturated carbocycles. The number of ketones is 1. The van der Waals surface area contributed by atoms with E-state index in [9.17, 15) is 4.79 Å². The van der Waals surface area contributed by atoms with Crippen molar-refractivity contribution < 1.29 is 4.79 Å². The van der Waals surface area contributed by atoms with Crippen LogP contribution in [-0.2, 0) is 0 Å². The summed E-state index contributed by atoms with van der Waals surface area (Å²) in [6.07, 6.45) is 5.45. The lowest BCUT2D eigenvalue weighted by Crippen LogP contribution is -2.34. The second kappa shape index (κ2) is 5.97. The van der Waals surface area contributed by atoms with Gasteiger partial charge in [-0.05, 0) is 32.7 Å². The number of piperidine rings is 1. The zero-order chi connectivity index (χ0) is 12.1. The average molecular weight is 231 g/mol. The molecule has 1 unspecified atom stereocenters. The van der Waals surface area contributed by atoms with E-state index in [1.165, 1.54) is 24.8 Å². The minimum atomic E-state index is 0.275. The van der Waals surface area contributed by atoms with E-state index in [4.69, 9.17) is 0 Å². The van der Waals surface area contributed by atoms with Crippen LogP contribution in [0.4, 0.5) is 0 Å². The predicted octanol–water partition coefficient (Wildman–Crippen LogP) is 3.10. The van der Waals surface area contributed by atoms with Crippen molar-refractivity contribution in [2.24, 2.45) is 0 Å². The molecular weight excluding hydrogens is 210 g/mol. The molecule has 92 valence electrons. The first-order chi connectivity index (χ1) is 8.25. The lowest BCUT2D eigenvalue weighted by atomic mass is 9.97. The molecule has 2 nitrogen and oxygen atoms in total. The van der Waals surface area contributed by atoms with Crippen LogP contribution in [-0.4, -0.2) is 18.4 Å². The molecule has 1 heterocycles. The van der Waals surface area contributed by atoms with Gasteiger partial charge in [0.1, 0.15) is 0 Å². The second-order valence-electron chi connectivity index (χ2n) is 4.97. The number of rotatable bonds is 4. The lowest BCUT2D eigenvalue weighted by molar-refractivity contribution is 0.0974. The van der Waals surface area contributed by atoms with Gasteiger partial charge in [-0.3, -0.25) is 4.79 Å². The highest BCUT2D eigenvalue weighted by Crippen LogP contribution is 2.14. The Labute approximate surface area is 103 Å². The molecule has 1 aliphatic rings. The number of benzene rings is 1. The molecule has 2 rings (SSSR count). The minimum Gasteiger partial charge on any atom is -0.314 e. The molecule has 0 aliphatic carbocycles. The van der Waals surface area contributed by atoms with Crippen LogP contribution in [0.3, 0.4) is 0 Å². The van der Waals surface area contributed by atoms with E-state index in [2.05, 4.69) is 5.32 Å². The van der Waals surface area contributed by atoms with Crippen molar-refractivity contribution in [2.75, 3.05) is 6.54 Å². The van der Waals surface area contributed by atoms with Crippen molar-refractivity contribution in [3.05, 3.63) is 35.4 Å². The standard InChI is InChI=1S/C15H21NO/c1-12-5-7-13(8-6-12)15(17)10-9-14-4-2-3-11-16-14/h5-8,14,16H,2-4,9-11H2,1H3. The van der Waals surface area contributed by atoms with Crippen LogP contribution in [0.15, 0.2) is 24.3 Å². The van der Waals surface area contributed by atoms with Crippen molar-refractivity contribution in [3.8, 4) is 0 Å². The SMILES string of the molecule is Cc1ccc(C(=O)CCC2CCCCN2)cc1. The fourth-order valence-electron chi connectivity index (χ4n) is 2.36. The van der Waals surface area contributed by atoms with Gasteiger partial charge in [-0.15, -0.1) is 0 Å². The van der Waals surface area contributed by atoms with Crippen LogP contribution in [0.1, 0.15) is 48.0 Å². The van der Waals surface area contributed by atoms with Gasteiger partial charge >= 0.3 is 0 Å². The molecule has 1 aromatic carbocycles. The molecule has 1 aliphatic heterocycles. The number of hydrogen-bond donors (Lipinski definition) is 1. The highest BCUT2D eigenvalue weighted by Gasteiger charge is 2.14. The third-order valence-electron chi connectivity index (χ3n) is 3.51. The summed E-state index contributed by atoms with van der Waals surface area (Å²) >= 11 is 0. The van der Waals surface area contributed by atoms with Crippen molar-refractivity contribution in [1.82, 2.24) is 5.32 Å². The fraction of sp³-hybridized carbons (Fsp3) is 0.533. The average Bonchev–Trinajstić information content (AvgIpc) is 2.38. The Balaban J connectivity index is 1.82. The summed E-state index contributed by atoms with van der Waals surface area (Å²) in [4.78, 5) is 12.0. The molecule has 2 heteroatoms. The van der Waals surface area contributed by atoms with Gasteiger partial charge < -0.3 is 5.32 Å². The van der Waals surface area contributed by atoms with Crippen molar-refractivity contribution in [3.63, 3.8) is 0 Å². The normalized spacial score (nSPS) is 20.2. The van der Waals surface area contributed by atoms with Crippen LogP contribution in [0.25, 0.3) is 0 Å². The van der Waals surface area contributed by atoms with E-state index in [0.29, 0.717) is 12.5 Å². The maximum absolute atomic E-state index is 12.0. The molecule has 17 heavy (non-hydrogen) atoms. The first kappa shape index (κ1) is 12.3. The maximum Gasteiger partial charge on any atom is 0.162 e. The summed E-state index contributed by atoms with van der Waals surface area (Å²) in [6, 6.07) is 8.44. The number of carbonyl (C=O) groups excluding carboxylic acids is 1. The summed E-state index contributed by atoms with van der Waals surface area (Å²) in [7, 11) is 0. The largest absolute Gasteiger partial charge is 0.314 e. The molecule has 0 amide bonds. The smallest absolute Gasteiger partial charge is 0.162 e. The van der Waals surface area contributed by atoms with Crippen LogP contribution in [0.5, 0.6) is 0 Å². The molecule has 1 atom stereocenters. The van der Waals surface area contributed by atoms with Crippen LogP contribution in [0.2, 0.25) is 0 Å². The van der Waals surface area contributed by atoms with Crippen LogP contribution >= 0.6 is 0 Å². The van der Waals surface area contributed by atoms with Gasteiger partial charge in [0.25, 0.3) is 0 Å². The van der Waals surface area contributed by atoms with Gasteiger partial charge in [0.05, 0.1) is 0 Å². The van der Waals surface area contributed by atoms with Crippen molar-refractivity contribution in [1.29, 1.82) is 0 Å². The Hall–Kier alpha value is -1.15. The summed E-state index contributed by atoms with van der Waals surface area (Å²) in [5.41, 5.74) is 2.06. The number of carbonyl (C=O) groups is 1. The molecule has 1 fully saturated rings. The zero-order valence-corrected chi connectivity index (χ0v) is 10.5. The molecule has 1 aromatic rings. The molecular formula is C15H21NO. The first-order valence-electron chi connectivity index (χ1n) is 6.59. The summed E-state index contributed by atoms with van der Waals surface area (Å²) in [5, 5.41) is 3.48. The van der Waals surface area contributed by atoms with E-state index >= 15 is 0 Å². The Morgan fingerprint density at radius 3 is 2.71 bits per heavy atom. The van der Waals surface area contributed by atoms with E-state index in [0.717, 1.165) is 18.5 Å². The molecule has 1 saturated heterocycles. The van der Waals surface area contributed by atoms with Gasteiger partial charge in [0, 0.05) is 18.0 Å². The summed E-state index contributed by atoms with van der Waals surface area (Å²) in [5.74, 6) is 0.275. The van der Waals surface area contributed by atoms with Crippen molar-refractivity contribution in [2.45, 2.75) is 45.1 Å².